The van der Waals surface area contributed by atoms with Gasteiger partial charge in [0.25, 0.3) is 5.91 Å². The molecule has 1 aliphatic heterocycles. The smallest absolute Gasteiger partial charge is 0.251 e. The molecule has 0 bridgehead atoms. The molecule has 1 N–H and O–H groups in total. The summed E-state index contributed by atoms with van der Waals surface area (Å²) >= 11 is 0. The van der Waals surface area contributed by atoms with E-state index in [9.17, 15) is 4.79 Å². The molecule has 1 aliphatic rings. The number of amides is 1. The van der Waals surface area contributed by atoms with Crippen LogP contribution in [-0.4, -0.2) is 36.1 Å². The zero-order valence-corrected chi connectivity index (χ0v) is 17.2. The van der Waals surface area contributed by atoms with Crippen molar-refractivity contribution in [3.8, 4) is 17.0 Å². The Labute approximate surface area is 176 Å². The van der Waals surface area contributed by atoms with Crippen LogP contribution in [0.5, 0.6) is 5.75 Å². The fourth-order valence-corrected chi connectivity index (χ4v) is 3.66. The summed E-state index contributed by atoms with van der Waals surface area (Å²) in [5.41, 5.74) is 3.45. The molecule has 154 valence electrons. The van der Waals surface area contributed by atoms with Crippen LogP contribution in [0.1, 0.15) is 35.2 Å². The Balaban J connectivity index is 1.41. The maximum absolute atomic E-state index is 12.5. The minimum Gasteiger partial charge on any atom is -0.497 e. The molecular weight excluding hydrogens is 376 g/mol. The number of aromatic nitrogens is 2. The summed E-state index contributed by atoms with van der Waals surface area (Å²) in [6, 6.07) is 17.2. The van der Waals surface area contributed by atoms with Gasteiger partial charge in [0.15, 0.2) is 0 Å². The maximum Gasteiger partial charge on any atom is 0.251 e. The van der Waals surface area contributed by atoms with Crippen LogP contribution in [0.3, 0.4) is 0 Å². The molecule has 0 unspecified atom stereocenters. The number of benzene rings is 2. The Morgan fingerprint density at radius 3 is 2.60 bits per heavy atom. The highest BCUT2D eigenvalue weighted by Gasteiger charge is 2.13. The number of hydrogen-bond acceptors (Lipinski definition) is 5. The maximum atomic E-state index is 12.5. The number of hydrogen-bond donors (Lipinski definition) is 1. The first-order valence-corrected chi connectivity index (χ1v) is 10.3. The van der Waals surface area contributed by atoms with Gasteiger partial charge in [0.2, 0.25) is 0 Å². The molecule has 1 saturated heterocycles. The van der Waals surface area contributed by atoms with Crippen LogP contribution in [-0.2, 0) is 6.54 Å². The Hall–Kier alpha value is -3.41. The van der Waals surface area contributed by atoms with Crippen LogP contribution in [0, 0.1) is 0 Å². The Kier molecular flexibility index (Phi) is 6.23. The second-order valence-corrected chi connectivity index (χ2v) is 7.42. The average Bonchev–Trinajstić information content (AvgIpc) is 2.83. The lowest BCUT2D eigenvalue weighted by atomic mass is 10.1. The van der Waals surface area contributed by atoms with Gasteiger partial charge in [-0.2, -0.15) is 0 Å². The predicted molar refractivity (Wildman–Crippen MR) is 118 cm³/mol. The summed E-state index contributed by atoms with van der Waals surface area (Å²) in [4.78, 5) is 23.7. The van der Waals surface area contributed by atoms with Crippen molar-refractivity contribution in [1.29, 1.82) is 0 Å². The van der Waals surface area contributed by atoms with Gasteiger partial charge < -0.3 is 15.0 Å². The predicted octanol–water partition coefficient (Wildman–Crippen LogP) is 4.07. The van der Waals surface area contributed by atoms with Gasteiger partial charge in [-0.1, -0.05) is 24.3 Å². The van der Waals surface area contributed by atoms with E-state index in [4.69, 9.17) is 4.74 Å². The molecule has 2 aromatic carbocycles. The minimum absolute atomic E-state index is 0.110. The van der Waals surface area contributed by atoms with Crippen molar-refractivity contribution in [3.05, 3.63) is 72.1 Å². The van der Waals surface area contributed by atoms with Gasteiger partial charge >= 0.3 is 0 Å². The summed E-state index contributed by atoms with van der Waals surface area (Å²) < 4.78 is 5.22. The van der Waals surface area contributed by atoms with E-state index in [-0.39, 0.29) is 5.91 Å². The zero-order valence-electron chi connectivity index (χ0n) is 17.2. The van der Waals surface area contributed by atoms with E-state index in [1.54, 1.807) is 13.4 Å². The van der Waals surface area contributed by atoms with Gasteiger partial charge in [0, 0.05) is 36.8 Å². The molecule has 4 rings (SSSR count). The summed E-state index contributed by atoms with van der Waals surface area (Å²) in [6.07, 6.45) is 5.32. The lowest BCUT2D eigenvalue weighted by Crippen LogP contribution is -2.30. The normalized spacial score (nSPS) is 13.7. The third-order valence-corrected chi connectivity index (χ3v) is 5.36. The van der Waals surface area contributed by atoms with Crippen molar-refractivity contribution in [3.63, 3.8) is 0 Å². The van der Waals surface area contributed by atoms with Gasteiger partial charge in [0.05, 0.1) is 12.8 Å². The first kappa shape index (κ1) is 19.9. The molecule has 2 heterocycles. The summed E-state index contributed by atoms with van der Waals surface area (Å²) in [7, 11) is 1.63. The molecule has 30 heavy (non-hydrogen) atoms. The Morgan fingerprint density at radius 2 is 1.83 bits per heavy atom. The number of piperidine rings is 1. The first-order valence-electron chi connectivity index (χ1n) is 10.3. The topological polar surface area (TPSA) is 67.3 Å². The van der Waals surface area contributed by atoms with E-state index in [1.807, 2.05) is 54.6 Å². The Morgan fingerprint density at radius 1 is 1.03 bits per heavy atom. The largest absolute Gasteiger partial charge is 0.497 e. The second-order valence-electron chi connectivity index (χ2n) is 7.42. The fourth-order valence-electron chi connectivity index (χ4n) is 3.66. The van der Waals surface area contributed by atoms with Crippen LogP contribution in [0.2, 0.25) is 0 Å². The van der Waals surface area contributed by atoms with Crippen LogP contribution in [0.4, 0.5) is 5.82 Å². The number of carbonyl (C=O) groups excluding carboxylic acids is 1. The highest BCUT2D eigenvalue weighted by molar-refractivity contribution is 5.94. The second kappa shape index (κ2) is 9.39. The van der Waals surface area contributed by atoms with E-state index in [2.05, 4.69) is 20.2 Å². The van der Waals surface area contributed by atoms with E-state index in [0.717, 1.165) is 41.5 Å². The van der Waals surface area contributed by atoms with Gasteiger partial charge in [-0.15, -0.1) is 0 Å². The third kappa shape index (κ3) is 4.76. The number of methoxy groups -OCH3 is 1. The molecule has 0 atom stereocenters. The van der Waals surface area contributed by atoms with E-state index in [1.165, 1.54) is 19.3 Å². The summed E-state index contributed by atoms with van der Waals surface area (Å²) in [5.74, 6) is 1.64. The van der Waals surface area contributed by atoms with Crippen LogP contribution < -0.4 is 15.0 Å². The number of anilines is 1. The number of ether oxygens (including phenoxy) is 1. The molecule has 6 heteroatoms. The number of nitrogens with zero attached hydrogens (tertiary/aromatic N) is 3. The lowest BCUT2D eigenvalue weighted by Gasteiger charge is -2.27. The van der Waals surface area contributed by atoms with E-state index in [0.29, 0.717) is 12.1 Å². The van der Waals surface area contributed by atoms with Gasteiger partial charge in [-0.25, -0.2) is 9.97 Å². The number of carbonyl (C=O) groups is 1. The molecule has 1 aromatic heterocycles. The van der Waals surface area contributed by atoms with Crippen molar-refractivity contribution in [2.75, 3.05) is 25.1 Å². The van der Waals surface area contributed by atoms with Crippen LogP contribution in [0.25, 0.3) is 11.3 Å². The molecule has 0 saturated carbocycles. The quantitative estimate of drug-likeness (QED) is 0.673. The van der Waals surface area contributed by atoms with Crippen molar-refractivity contribution >= 4 is 11.7 Å². The highest BCUT2D eigenvalue weighted by Crippen LogP contribution is 2.23. The Bertz CT molecular complexity index is 998. The first-order chi connectivity index (χ1) is 14.7. The highest BCUT2D eigenvalue weighted by atomic mass is 16.5. The molecular formula is C24H26N4O2. The lowest BCUT2D eigenvalue weighted by molar-refractivity contribution is 0.0951. The summed E-state index contributed by atoms with van der Waals surface area (Å²) in [6.45, 7) is 2.54. The van der Waals surface area contributed by atoms with E-state index < -0.39 is 0 Å². The number of nitrogens with one attached hydrogen (secondary N) is 1. The van der Waals surface area contributed by atoms with Gasteiger partial charge in [0.1, 0.15) is 17.9 Å². The van der Waals surface area contributed by atoms with E-state index >= 15 is 0 Å². The molecule has 0 spiro atoms. The standard InChI is InChI=1S/C24H26N4O2/c1-30-21-7-5-6-18(14-21)16-25-24(29)20-10-8-19(9-11-20)22-15-23(27-17-26-22)28-12-3-2-4-13-28/h5-11,14-15,17H,2-4,12-13,16H2,1H3,(H,25,29). The van der Waals surface area contributed by atoms with Crippen LogP contribution >= 0.6 is 0 Å². The minimum atomic E-state index is -0.110. The SMILES string of the molecule is COc1cccc(CNC(=O)c2ccc(-c3cc(N4CCCCC4)ncn3)cc2)c1. The van der Waals surface area contributed by atoms with Crippen molar-refractivity contribution in [2.24, 2.45) is 0 Å². The zero-order chi connectivity index (χ0) is 20.8. The molecule has 6 nitrogen and oxygen atoms in total. The fraction of sp³-hybridized carbons (Fsp3) is 0.292. The van der Waals surface area contributed by atoms with Gasteiger partial charge in [-0.05, 0) is 49.1 Å². The van der Waals surface area contributed by atoms with Crippen molar-refractivity contribution < 1.29 is 9.53 Å². The molecule has 0 aliphatic carbocycles. The monoisotopic (exact) mass is 402 g/mol. The average molecular weight is 402 g/mol. The van der Waals surface area contributed by atoms with Crippen LogP contribution in [0.15, 0.2) is 60.9 Å². The molecule has 3 aromatic rings. The number of rotatable bonds is 6. The molecule has 1 fully saturated rings. The van der Waals surface area contributed by atoms with Crippen molar-refractivity contribution in [2.45, 2.75) is 25.8 Å². The summed E-state index contributed by atoms with van der Waals surface area (Å²) in [5, 5.41) is 2.95. The molecule has 0 radical (unpaired) electrons. The van der Waals surface area contributed by atoms with Crippen molar-refractivity contribution in [1.82, 2.24) is 15.3 Å². The third-order valence-electron chi connectivity index (χ3n) is 5.36. The van der Waals surface area contributed by atoms with Gasteiger partial charge in [-0.3, -0.25) is 4.79 Å². The molecule has 1 amide bonds.